The van der Waals surface area contributed by atoms with Gasteiger partial charge in [0.25, 0.3) is 0 Å². The molecule has 0 aromatic heterocycles. The van der Waals surface area contributed by atoms with Gasteiger partial charge in [-0.1, -0.05) is 6.92 Å². The maximum absolute atomic E-state index is 12.1. The van der Waals surface area contributed by atoms with E-state index >= 15 is 0 Å². The Morgan fingerprint density at radius 1 is 1.17 bits per heavy atom. The Balaban J connectivity index is 0. The zero-order valence-electron chi connectivity index (χ0n) is 11.8. The summed E-state index contributed by atoms with van der Waals surface area (Å²) in [5, 5.41) is 11.2. The fraction of sp³-hybridized carbons (Fsp3) is 0.636. The van der Waals surface area contributed by atoms with Crippen LogP contribution in [0.2, 0.25) is 0 Å². The molecule has 0 saturated heterocycles. The van der Waals surface area contributed by atoms with Crippen molar-refractivity contribution in [2.45, 2.75) is 27.7 Å². The van der Waals surface area contributed by atoms with Gasteiger partial charge in [0.15, 0.2) is 0 Å². The van der Waals surface area contributed by atoms with Gasteiger partial charge in [0.05, 0.1) is 19.2 Å². The standard InChI is InChI=1S/C11H21O5P.Li/c1-5-14-11(12)8-10(4)9-17(13,15-6-2)16-7-3;/h8-9,12H,5-7H2,1-4H3;/q;+1/p-1/b10-9?,11-8+;. The van der Waals surface area contributed by atoms with Crippen LogP contribution >= 0.6 is 7.60 Å². The summed E-state index contributed by atoms with van der Waals surface area (Å²) in [4.78, 5) is 0. The van der Waals surface area contributed by atoms with Gasteiger partial charge in [-0.25, -0.2) is 0 Å². The molecule has 0 fully saturated rings. The summed E-state index contributed by atoms with van der Waals surface area (Å²) in [5.74, 6) is 0.859. The second-order valence-electron chi connectivity index (χ2n) is 3.14. The van der Waals surface area contributed by atoms with Gasteiger partial charge in [-0.15, -0.1) is 0 Å². The molecule has 0 rings (SSSR count). The van der Waals surface area contributed by atoms with Crippen LogP contribution in [0.5, 0.6) is 0 Å². The van der Waals surface area contributed by atoms with Crippen LogP contribution in [0, 0.1) is 0 Å². The summed E-state index contributed by atoms with van der Waals surface area (Å²) in [7, 11) is -3.25. The van der Waals surface area contributed by atoms with Crippen LogP contribution in [0.25, 0.3) is 0 Å². The van der Waals surface area contributed by atoms with Crippen molar-refractivity contribution in [2.24, 2.45) is 0 Å². The molecule has 0 aliphatic heterocycles. The fourth-order valence-corrected chi connectivity index (χ4v) is 2.64. The van der Waals surface area contributed by atoms with Crippen molar-refractivity contribution in [2.75, 3.05) is 19.8 Å². The third-order valence-electron chi connectivity index (χ3n) is 1.61. The van der Waals surface area contributed by atoms with Gasteiger partial charge in [0, 0.05) is 5.82 Å². The van der Waals surface area contributed by atoms with E-state index in [1.54, 1.807) is 27.7 Å². The first-order valence-electron chi connectivity index (χ1n) is 5.57. The van der Waals surface area contributed by atoms with E-state index in [2.05, 4.69) is 0 Å². The molecule has 5 nitrogen and oxygen atoms in total. The van der Waals surface area contributed by atoms with Gasteiger partial charge < -0.3 is 18.9 Å². The molecule has 0 N–H and O–H groups in total. The average Bonchev–Trinajstić information content (AvgIpc) is 2.17. The first-order chi connectivity index (χ1) is 7.97. The Labute approximate surface area is 121 Å². The molecule has 0 heterocycles. The molecule has 0 bridgehead atoms. The second kappa shape index (κ2) is 10.7. The first-order valence-corrected chi connectivity index (χ1v) is 7.18. The third kappa shape index (κ3) is 8.85. The summed E-state index contributed by atoms with van der Waals surface area (Å²) in [6, 6.07) is 0. The second-order valence-corrected chi connectivity index (χ2v) is 5.00. The van der Waals surface area contributed by atoms with Crippen LogP contribution in [0.1, 0.15) is 27.7 Å². The minimum atomic E-state index is -3.25. The molecule has 0 aromatic carbocycles. The number of rotatable bonds is 8. The van der Waals surface area contributed by atoms with E-state index in [1.807, 2.05) is 0 Å². The molecule has 0 aliphatic rings. The molecule has 0 amide bonds. The predicted molar refractivity (Wildman–Crippen MR) is 64.3 cm³/mol. The van der Waals surface area contributed by atoms with E-state index < -0.39 is 13.5 Å². The van der Waals surface area contributed by atoms with Gasteiger partial charge in [-0.3, -0.25) is 4.57 Å². The van der Waals surface area contributed by atoms with Crippen LogP contribution in [-0.2, 0) is 18.3 Å². The van der Waals surface area contributed by atoms with Gasteiger partial charge in [0.1, 0.15) is 0 Å². The van der Waals surface area contributed by atoms with Crippen LogP contribution in [0.15, 0.2) is 23.4 Å². The molecule has 0 radical (unpaired) electrons. The molecule has 0 aliphatic carbocycles. The molecular weight excluding hydrogens is 250 g/mol. The van der Waals surface area contributed by atoms with E-state index in [9.17, 15) is 9.67 Å². The molecule has 0 spiro atoms. The monoisotopic (exact) mass is 270 g/mol. The number of ether oxygens (including phenoxy) is 1. The van der Waals surface area contributed by atoms with Crippen molar-refractivity contribution < 1.29 is 42.3 Å². The van der Waals surface area contributed by atoms with E-state index in [1.165, 1.54) is 11.9 Å². The minimum absolute atomic E-state index is 0. The van der Waals surface area contributed by atoms with Crippen molar-refractivity contribution in [1.29, 1.82) is 0 Å². The summed E-state index contributed by atoms with van der Waals surface area (Å²) in [5.41, 5.74) is 0.494. The Morgan fingerprint density at radius 2 is 1.67 bits per heavy atom. The van der Waals surface area contributed by atoms with E-state index in [-0.39, 0.29) is 32.1 Å². The van der Waals surface area contributed by atoms with Crippen molar-refractivity contribution in [3.8, 4) is 0 Å². The summed E-state index contributed by atoms with van der Waals surface area (Å²) in [6.07, 6.45) is 1.26. The SMILES string of the molecule is CCO/C([O-])=C/C(C)=CP(=O)(OCC)OCC.[Li+]. The van der Waals surface area contributed by atoms with Crippen molar-refractivity contribution in [1.82, 2.24) is 0 Å². The van der Waals surface area contributed by atoms with Gasteiger partial charge in [-0.05, 0) is 39.0 Å². The normalized spacial score (nSPS) is 13.1. The van der Waals surface area contributed by atoms with Crippen LogP contribution < -0.4 is 24.0 Å². The zero-order valence-corrected chi connectivity index (χ0v) is 12.7. The number of hydrogen-bond donors (Lipinski definition) is 0. The Bertz CT molecular complexity index is 317. The van der Waals surface area contributed by atoms with Crippen LogP contribution in [0.3, 0.4) is 0 Å². The zero-order chi connectivity index (χ0) is 13.3. The molecule has 0 saturated carbocycles. The summed E-state index contributed by atoms with van der Waals surface area (Å²) in [6.45, 7) is 7.67. The molecule has 0 unspecified atom stereocenters. The largest absolute Gasteiger partial charge is 1.00 e. The Kier molecular flexibility index (Phi) is 12.0. The molecule has 0 aromatic rings. The molecule has 100 valence electrons. The molecule has 18 heavy (non-hydrogen) atoms. The molecule has 7 heteroatoms. The topological polar surface area (TPSA) is 67.8 Å². The van der Waals surface area contributed by atoms with Gasteiger partial charge in [-0.2, -0.15) is 0 Å². The van der Waals surface area contributed by atoms with E-state index in [0.717, 1.165) is 0 Å². The maximum atomic E-state index is 12.1. The van der Waals surface area contributed by atoms with Crippen LogP contribution in [0.4, 0.5) is 0 Å². The fourth-order valence-electron chi connectivity index (χ4n) is 1.13. The minimum Gasteiger partial charge on any atom is -0.614 e. The number of hydrogen-bond acceptors (Lipinski definition) is 5. The third-order valence-corrected chi connectivity index (χ3v) is 3.57. The Hall–Kier alpha value is -0.173. The maximum Gasteiger partial charge on any atom is 1.00 e. The van der Waals surface area contributed by atoms with E-state index in [0.29, 0.717) is 12.2 Å². The molecular formula is C11H20LiO5P. The van der Waals surface area contributed by atoms with Gasteiger partial charge >= 0.3 is 26.5 Å². The number of allylic oxidation sites excluding steroid dienone is 2. The smallest absolute Gasteiger partial charge is 0.614 e. The van der Waals surface area contributed by atoms with Crippen LogP contribution in [-0.4, -0.2) is 19.8 Å². The quantitative estimate of drug-likeness (QED) is 0.255. The van der Waals surface area contributed by atoms with Gasteiger partial charge in [0.2, 0.25) is 0 Å². The van der Waals surface area contributed by atoms with Crippen molar-refractivity contribution >= 4 is 7.60 Å². The average molecular weight is 270 g/mol. The molecule has 0 atom stereocenters. The summed E-state index contributed by atoms with van der Waals surface area (Å²) < 4.78 is 26.9. The first kappa shape index (κ1) is 20.2. The van der Waals surface area contributed by atoms with Crippen molar-refractivity contribution in [3.63, 3.8) is 0 Å². The Morgan fingerprint density at radius 3 is 2.06 bits per heavy atom. The van der Waals surface area contributed by atoms with Crippen molar-refractivity contribution in [3.05, 3.63) is 23.4 Å². The van der Waals surface area contributed by atoms with E-state index in [4.69, 9.17) is 13.8 Å². The predicted octanol–water partition coefficient (Wildman–Crippen LogP) is -0.601. The summed E-state index contributed by atoms with van der Waals surface area (Å²) >= 11 is 0.